The Kier molecular flexibility index (Phi) is 7.27. The average molecular weight is 372 g/mol. The molecule has 0 saturated carbocycles. The minimum absolute atomic E-state index is 0.0854. The lowest BCUT2D eigenvalue weighted by molar-refractivity contribution is -0.133. The van der Waals surface area contributed by atoms with Gasteiger partial charge in [0.15, 0.2) is 0 Å². The molecule has 2 aliphatic rings. The molecule has 1 aromatic rings. The summed E-state index contributed by atoms with van der Waals surface area (Å²) in [5.74, 6) is 0.564. The number of amides is 2. The maximum absolute atomic E-state index is 12.6. The van der Waals surface area contributed by atoms with E-state index >= 15 is 0 Å². The van der Waals surface area contributed by atoms with Crippen molar-refractivity contribution in [3.63, 3.8) is 0 Å². The molecule has 2 amide bonds. The number of benzene rings is 1. The molecular weight excluding hydrogens is 338 g/mol. The van der Waals surface area contributed by atoms with Gasteiger partial charge in [0.05, 0.1) is 5.92 Å². The summed E-state index contributed by atoms with van der Waals surface area (Å²) < 4.78 is 0. The summed E-state index contributed by atoms with van der Waals surface area (Å²) in [6.45, 7) is 6.33. The first-order chi connectivity index (χ1) is 13.2. The highest BCUT2D eigenvalue weighted by atomic mass is 16.2. The smallest absolute Gasteiger partial charge is 0.224 e. The van der Waals surface area contributed by atoms with Gasteiger partial charge in [-0.15, -0.1) is 0 Å². The van der Waals surface area contributed by atoms with Crippen molar-refractivity contribution in [3.8, 4) is 0 Å². The van der Waals surface area contributed by atoms with Crippen LogP contribution in [0.15, 0.2) is 30.3 Å². The number of rotatable bonds is 6. The van der Waals surface area contributed by atoms with Crippen LogP contribution in [0.5, 0.6) is 0 Å². The quantitative estimate of drug-likeness (QED) is 0.837. The Labute approximate surface area is 163 Å². The van der Waals surface area contributed by atoms with E-state index in [1.54, 1.807) is 0 Å². The maximum atomic E-state index is 12.6. The molecule has 1 atom stereocenters. The number of likely N-dealkylation sites (tertiary alicyclic amines) is 2. The van der Waals surface area contributed by atoms with E-state index in [0.29, 0.717) is 24.9 Å². The Morgan fingerprint density at radius 3 is 2.52 bits per heavy atom. The van der Waals surface area contributed by atoms with Crippen molar-refractivity contribution in [1.29, 1.82) is 0 Å². The molecule has 0 unspecified atom stereocenters. The molecule has 1 N–H and O–H groups in total. The predicted octanol–water partition coefficient (Wildman–Crippen LogP) is 2.81. The third-order valence-corrected chi connectivity index (χ3v) is 5.93. The van der Waals surface area contributed by atoms with Crippen LogP contribution in [0.25, 0.3) is 0 Å². The van der Waals surface area contributed by atoms with Gasteiger partial charge in [0, 0.05) is 38.6 Å². The van der Waals surface area contributed by atoms with Gasteiger partial charge in [-0.05, 0) is 44.2 Å². The number of nitrogens with zero attached hydrogens (tertiary/aromatic N) is 2. The van der Waals surface area contributed by atoms with Crippen molar-refractivity contribution in [3.05, 3.63) is 35.9 Å². The van der Waals surface area contributed by atoms with Crippen molar-refractivity contribution in [2.45, 2.75) is 58.0 Å². The van der Waals surface area contributed by atoms with Crippen LogP contribution < -0.4 is 5.32 Å². The van der Waals surface area contributed by atoms with E-state index in [0.717, 1.165) is 63.8 Å². The first kappa shape index (κ1) is 19.9. The van der Waals surface area contributed by atoms with Crippen LogP contribution in [0.3, 0.4) is 0 Å². The standard InChI is InChI=1S/C22H33N3O2/c1-2-7-21(26)24-14-11-20(12-15-24)25-13-6-10-19(17-25)22(27)23-16-18-8-4-3-5-9-18/h3-5,8-9,19-20H,2,6-7,10-17H2,1H3,(H,23,27)/t19-/m0/s1. The van der Waals surface area contributed by atoms with Crippen LogP contribution >= 0.6 is 0 Å². The summed E-state index contributed by atoms with van der Waals surface area (Å²) in [6.07, 6.45) is 5.72. The van der Waals surface area contributed by atoms with E-state index in [9.17, 15) is 9.59 Å². The summed E-state index contributed by atoms with van der Waals surface area (Å²) in [6, 6.07) is 10.6. The number of piperidine rings is 2. The Bertz CT molecular complexity index is 611. The molecular formula is C22H33N3O2. The van der Waals surface area contributed by atoms with E-state index in [2.05, 4.69) is 17.1 Å². The lowest BCUT2D eigenvalue weighted by Gasteiger charge is -2.42. The molecule has 5 nitrogen and oxygen atoms in total. The van der Waals surface area contributed by atoms with E-state index in [4.69, 9.17) is 0 Å². The third-order valence-electron chi connectivity index (χ3n) is 5.93. The summed E-state index contributed by atoms with van der Waals surface area (Å²) in [5, 5.41) is 3.11. The number of nitrogens with one attached hydrogen (secondary N) is 1. The highest BCUT2D eigenvalue weighted by Crippen LogP contribution is 2.24. The molecule has 0 bridgehead atoms. The van der Waals surface area contributed by atoms with Gasteiger partial charge in [-0.1, -0.05) is 37.3 Å². The molecule has 2 aliphatic heterocycles. The third kappa shape index (κ3) is 5.55. The molecule has 27 heavy (non-hydrogen) atoms. The Morgan fingerprint density at radius 2 is 1.81 bits per heavy atom. The SMILES string of the molecule is CCCC(=O)N1CCC(N2CCC[C@H](C(=O)NCc3ccccc3)C2)CC1. The zero-order valence-corrected chi connectivity index (χ0v) is 16.5. The van der Waals surface area contributed by atoms with Gasteiger partial charge in [-0.25, -0.2) is 0 Å². The first-order valence-corrected chi connectivity index (χ1v) is 10.5. The van der Waals surface area contributed by atoms with Crippen LogP contribution in [0.4, 0.5) is 0 Å². The van der Waals surface area contributed by atoms with Gasteiger partial charge < -0.3 is 10.2 Å². The summed E-state index contributed by atoms with van der Waals surface area (Å²) in [5.41, 5.74) is 1.14. The van der Waals surface area contributed by atoms with Crippen LogP contribution in [-0.2, 0) is 16.1 Å². The second kappa shape index (κ2) is 9.88. The number of carbonyl (C=O) groups is 2. The fraction of sp³-hybridized carbons (Fsp3) is 0.636. The van der Waals surface area contributed by atoms with Crippen molar-refractivity contribution in [2.75, 3.05) is 26.2 Å². The first-order valence-electron chi connectivity index (χ1n) is 10.5. The molecule has 5 heteroatoms. The molecule has 148 valence electrons. The van der Waals surface area contributed by atoms with E-state index < -0.39 is 0 Å². The van der Waals surface area contributed by atoms with Crippen molar-refractivity contribution in [1.82, 2.24) is 15.1 Å². The summed E-state index contributed by atoms with van der Waals surface area (Å²) in [4.78, 5) is 29.2. The molecule has 3 rings (SSSR count). The summed E-state index contributed by atoms with van der Waals surface area (Å²) >= 11 is 0. The maximum Gasteiger partial charge on any atom is 0.224 e. The highest BCUT2D eigenvalue weighted by molar-refractivity contribution is 5.79. The molecule has 0 radical (unpaired) electrons. The van der Waals surface area contributed by atoms with Crippen LogP contribution in [0, 0.1) is 5.92 Å². The molecule has 1 aromatic carbocycles. The molecule has 2 heterocycles. The van der Waals surface area contributed by atoms with Crippen molar-refractivity contribution in [2.24, 2.45) is 5.92 Å². The average Bonchev–Trinajstić information content (AvgIpc) is 2.73. The van der Waals surface area contributed by atoms with Gasteiger partial charge in [-0.2, -0.15) is 0 Å². The van der Waals surface area contributed by atoms with Gasteiger partial charge in [0.25, 0.3) is 0 Å². The monoisotopic (exact) mass is 371 g/mol. The predicted molar refractivity (Wildman–Crippen MR) is 107 cm³/mol. The van der Waals surface area contributed by atoms with Crippen LogP contribution in [0.1, 0.15) is 51.0 Å². The second-order valence-electron chi connectivity index (χ2n) is 7.90. The topological polar surface area (TPSA) is 52.7 Å². The van der Waals surface area contributed by atoms with E-state index in [-0.39, 0.29) is 11.8 Å². The van der Waals surface area contributed by atoms with Gasteiger partial charge in [0.2, 0.25) is 11.8 Å². The Hall–Kier alpha value is -1.88. The number of carbonyl (C=O) groups excluding carboxylic acids is 2. The van der Waals surface area contributed by atoms with Crippen LogP contribution in [-0.4, -0.2) is 53.8 Å². The molecule has 2 saturated heterocycles. The fourth-order valence-electron chi connectivity index (χ4n) is 4.33. The molecule has 0 aliphatic carbocycles. The molecule has 0 aromatic heterocycles. The Morgan fingerprint density at radius 1 is 1.07 bits per heavy atom. The van der Waals surface area contributed by atoms with Crippen LogP contribution in [0.2, 0.25) is 0 Å². The minimum atomic E-state index is 0.0854. The zero-order valence-electron chi connectivity index (χ0n) is 16.5. The lowest BCUT2D eigenvalue weighted by Crippen LogP contribution is -2.51. The van der Waals surface area contributed by atoms with Crippen molar-refractivity contribution < 1.29 is 9.59 Å². The normalized spacial score (nSPS) is 21.8. The zero-order chi connectivity index (χ0) is 19.1. The molecule has 2 fully saturated rings. The fourth-order valence-corrected chi connectivity index (χ4v) is 4.33. The van der Waals surface area contributed by atoms with Gasteiger partial charge in [0.1, 0.15) is 0 Å². The minimum Gasteiger partial charge on any atom is -0.352 e. The lowest BCUT2D eigenvalue weighted by atomic mass is 9.93. The van der Waals surface area contributed by atoms with Gasteiger partial charge in [-0.3, -0.25) is 14.5 Å². The summed E-state index contributed by atoms with van der Waals surface area (Å²) in [7, 11) is 0. The van der Waals surface area contributed by atoms with Gasteiger partial charge >= 0.3 is 0 Å². The Balaban J connectivity index is 1.45. The van der Waals surface area contributed by atoms with Crippen molar-refractivity contribution >= 4 is 11.8 Å². The van der Waals surface area contributed by atoms with E-state index in [1.165, 1.54) is 0 Å². The highest BCUT2D eigenvalue weighted by Gasteiger charge is 2.32. The largest absolute Gasteiger partial charge is 0.352 e. The second-order valence-corrected chi connectivity index (χ2v) is 7.90. The number of hydrogen-bond acceptors (Lipinski definition) is 3. The number of hydrogen-bond donors (Lipinski definition) is 1. The van der Waals surface area contributed by atoms with E-state index in [1.807, 2.05) is 35.2 Å². The molecule has 0 spiro atoms.